The van der Waals surface area contributed by atoms with Gasteiger partial charge in [-0.15, -0.1) is 0 Å². The summed E-state index contributed by atoms with van der Waals surface area (Å²) in [7, 11) is 0. The highest BCUT2D eigenvalue weighted by molar-refractivity contribution is 5.31. The van der Waals surface area contributed by atoms with Gasteiger partial charge in [0, 0.05) is 28.8 Å². The van der Waals surface area contributed by atoms with Crippen LogP contribution in [0.15, 0.2) is 71.9 Å². The first-order chi connectivity index (χ1) is 11.3. The van der Waals surface area contributed by atoms with Gasteiger partial charge in [0.2, 0.25) is 0 Å². The lowest BCUT2D eigenvalue weighted by Crippen LogP contribution is -2.88. The molecule has 4 N–H and O–H groups in total. The molecular formula is C20H25N2O+. The molecule has 0 spiro atoms. The molecule has 2 aromatic rings. The maximum absolute atomic E-state index is 9.70. The highest BCUT2D eigenvalue weighted by Crippen LogP contribution is 2.32. The fourth-order valence-electron chi connectivity index (χ4n) is 3.55. The van der Waals surface area contributed by atoms with Gasteiger partial charge in [-0.25, -0.2) is 0 Å². The molecule has 1 aliphatic heterocycles. The van der Waals surface area contributed by atoms with Gasteiger partial charge in [0.25, 0.3) is 0 Å². The molecule has 3 heteroatoms. The Kier molecular flexibility index (Phi) is 5.11. The van der Waals surface area contributed by atoms with Crippen molar-refractivity contribution in [3.63, 3.8) is 0 Å². The number of hydrogen-bond acceptors (Lipinski definition) is 2. The summed E-state index contributed by atoms with van der Waals surface area (Å²) in [5, 5.41) is 12.1. The molecule has 0 amide bonds. The fraction of sp³-hybridized carbons (Fsp3) is 0.300. The van der Waals surface area contributed by atoms with E-state index in [-0.39, 0.29) is 6.04 Å². The normalized spacial score (nSPS) is 21.3. The van der Waals surface area contributed by atoms with Gasteiger partial charge in [-0.1, -0.05) is 74.0 Å². The molecular weight excluding hydrogens is 284 g/mol. The van der Waals surface area contributed by atoms with Gasteiger partial charge >= 0.3 is 0 Å². The van der Waals surface area contributed by atoms with Crippen LogP contribution in [0.5, 0.6) is 0 Å². The van der Waals surface area contributed by atoms with Gasteiger partial charge in [0.05, 0.1) is 0 Å². The summed E-state index contributed by atoms with van der Waals surface area (Å²) in [5.41, 5.74) is 7.39. The Morgan fingerprint density at radius 1 is 1.00 bits per heavy atom. The van der Waals surface area contributed by atoms with Crippen LogP contribution in [0.3, 0.4) is 0 Å². The molecule has 0 aromatic heterocycles. The van der Waals surface area contributed by atoms with Gasteiger partial charge in [-0.3, -0.25) is 10.7 Å². The Hall–Kier alpha value is -2.10. The zero-order valence-corrected chi connectivity index (χ0v) is 13.6. The van der Waals surface area contributed by atoms with Crippen LogP contribution in [0.4, 0.5) is 0 Å². The minimum absolute atomic E-state index is 0.254. The van der Waals surface area contributed by atoms with Crippen molar-refractivity contribution in [2.45, 2.75) is 38.3 Å². The van der Waals surface area contributed by atoms with Crippen molar-refractivity contribution in [3.05, 3.63) is 83.1 Å². The topological polar surface area (TPSA) is 48.9 Å². The zero-order chi connectivity index (χ0) is 16.1. The minimum atomic E-state index is 0.254. The molecule has 1 heterocycles. The molecule has 0 saturated heterocycles. The minimum Gasteiger partial charge on any atom is -0.330 e. The first-order valence-electron chi connectivity index (χ1n) is 8.40. The molecule has 120 valence electrons. The van der Waals surface area contributed by atoms with Crippen LogP contribution in [0.25, 0.3) is 0 Å². The van der Waals surface area contributed by atoms with Crippen molar-refractivity contribution in [2.75, 3.05) is 0 Å². The number of nitrogens with two attached hydrogens (primary N) is 1. The van der Waals surface area contributed by atoms with Crippen molar-refractivity contribution in [2.24, 2.45) is 0 Å². The Morgan fingerprint density at radius 2 is 1.61 bits per heavy atom. The van der Waals surface area contributed by atoms with Crippen LogP contribution in [-0.2, 0) is 0 Å². The smallest absolute Gasteiger partial charge is 0.136 e. The first-order valence-corrected chi connectivity index (χ1v) is 8.40. The third-order valence-electron chi connectivity index (χ3n) is 4.65. The summed E-state index contributed by atoms with van der Waals surface area (Å²) in [6.45, 7) is 2.19. The van der Waals surface area contributed by atoms with E-state index >= 15 is 0 Å². The highest BCUT2D eigenvalue weighted by Gasteiger charge is 2.33. The second-order valence-electron chi connectivity index (χ2n) is 6.17. The zero-order valence-electron chi connectivity index (χ0n) is 13.6. The van der Waals surface area contributed by atoms with Gasteiger partial charge in [0.1, 0.15) is 12.1 Å². The van der Waals surface area contributed by atoms with Crippen LogP contribution in [-0.4, -0.2) is 5.21 Å². The number of nitrogens with one attached hydrogen (secondary N) is 1. The lowest BCUT2D eigenvalue weighted by atomic mass is 9.85. The van der Waals surface area contributed by atoms with Gasteiger partial charge in [-0.05, 0) is 6.42 Å². The third-order valence-corrected chi connectivity index (χ3v) is 4.65. The number of rotatable bonds is 5. The van der Waals surface area contributed by atoms with Gasteiger partial charge in [-0.2, -0.15) is 0 Å². The summed E-state index contributed by atoms with van der Waals surface area (Å²) in [5.74, 6) is 0. The predicted octanol–water partition coefficient (Wildman–Crippen LogP) is 3.47. The highest BCUT2D eigenvalue weighted by atomic mass is 16.5. The average Bonchev–Trinajstić information content (AvgIpc) is 2.63. The van der Waals surface area contributed by atoms with Crippen molar-refractivity contribution in [3.8, 4) is 0 Å². The average molecular weight is 309 g/mol. The van der Waals surface area contributed by atoms with E-state index in [0.29, 0.717) is 6.04 Å². The number of quaternary nitrogens is 1. The van der Waals surface area contributed by atoms with Crippen molar-refractivity contribution < 1.29 is 10.5 Å². The largest absolute Gasteiger partial charge is 0.330 e. The Morgan fingerprint density at radius 3 is 2.17 bits per heavy atom. The molecule has 1 aliphatic rings. The predicted molar refractivity (Wildman–Crippen MR) is 91.8 cm³/mol. The van der Waals surface area contributed by atoms with E-state index in [1.165, 1.54) is 16.7 Å². The van der Waals surface area contributed by atoms with Crippen LogP contribution in [0.2, 0.25) is 0 Å². The first kappa shape index (κ1) is 15.8. The lowest BCUT2D eigenvalue weighted by Gasteiger charge is -2.32. The molecule has 0 aliphatic carbocycles. The Bertz CT molecular complexity index is 652. The molecule has 2 unspecified atom stereocenters. The summed E-state index contributed by atoms with van der Waals surface area (Å²) in [4.78, 5) is 0. The van der Waals surface area contributed by atoms with E-state index in [1.807, 2.05) is 6.07 Å². The SMILES string of the molecule is CCCC1=C(NO)CC(c2ccccc2)[NH2+]C1c1ccccc1. The van der Waals surface area contributed by atoms with Crippen LogP contribution >= 0.6 is 0 Å². The fourth-order valence-corrected chi connectivity index (χ4v) is 3.55. The second kappa shape index (κ2) is 7.44. The third kappa shape index (κ3) is 3.46. The molecule has 23 heavy (non-hydrogen) atoms. The standard InChI is InChI=1S/C20H24N2O/c1-2-9-17-19(22-23)14-18(15-10-5-3-6-11-15)21-20(17)16-12-7-4-8-13-16/h3-8,10-13,18,20-23H,2,9,14H2,1H3/p+1. The lowest BCUT2D eigenvalue weighted by molar-refractivity contribution is -0.730. The van der Waals surface area contributed by atoms with Crippen molar-refractivity contribution in [1.82, 2.24) is 5.48 Å². The van der Waals surface area contributed by atoms with Crippen LogP contribution in [0, 0.1) is 0 Å². The molecule has 3 nitrogen and oxygen atoms in total. The maximum atomic E-state index is 9.70. The Balaban J connectivity index is 1.99. The van der Waals surface area contributed by atoms with E-state index in [2.05, 4.69) is 72.3 Å². The number of hydroxylamine groups is 1. The molecule has 0 bridgehead atoms. The molecule has 3 rings (SSSR count). The van der Waals surface area contributed by atoms with E-state index in [0.717, 1.165) is 25.0 Å². The summed E-state index contributed by atoms with van der Waals surface area (Å²) < 4.78 is 0. The van der Waals surface area contributed by atoms with E-state index < -0.39 is 0 Å². The quantitative estimate of drug-likeness (QED) is 0.741. The van der Waals surface area contributed by atoms with E-state index in [1.54, 1.807) is 0 Å². The molecule has 0 fully saturated rings. The van der Waals surface area contributed by atoms with E-state index in [4.69, 9.17) is 0 Å². The molecule has 0 saturated carbocycles. The molecule has 2 atom stereocenters. The molecule has 0 radical (unpaired) electrons. The van der Waals surface area contributed by atoms with Crippen LogP contribution in [0.1, 0.15) is 49.4 Å². The Labute approximate surface area is 138 Å². The maximum Gasteiger partial charge on any atom is 0.136 e. The van der Waals surface area contributed by atoms with Crippen LogP contribution < -0.4 is 10.8 Å². The summed E-state index contributed by atoms with van der Waals surface area (Å²) in [6.07, 6.45) is 2.91. The number of hydrogen-bond donors (Lipinski definition) is 3. The monoisotopic (exact) mass is 309 g/mol. The second-order valence-corrected chi connectivity index (χ2v) is 6.17. The van der Waals surface area contributed by atoms with Crippen molar-refractivity contribution in [1.29, 1.82) is 0 Å². The van der Waals surface area contributed by atoms with Crippen molar-refractivity contribution >= 4 is 0 Å². The summed E-state index contributed by atoms with van der Waals surface area (Å²) in [6, 6.07) is 21.7. The van der Waals surface area contributed by atoms with Gasteiger partial charge < -0.3 is 5.32 Å². The summed E-state index contributed by atoms with van der Waals surface area (Å²) >= 11 is 0. The van der Waals surface area contributed by atoms with Gasteiger partial charge in [0.15, 0.2) is 0 Å². The number of benzene rings is 2. The van der Waals surface area contributed by atoms with E-state index in [9.17, 15) is 5.21 Å². The molecule has 2 aromatic carbocycles.